The molecule has 0 radical (unpaired) electrons. The molecule has 0 aromatic heterocycles. The second-order valence-corrected chi connectivity index (χ2v) is 5.75. The lowest BCUT2D eigenvalue weighted by atomic mass is 9.89. The van der Waals surface area contributed by atoms with E-state index in [9.17, 15) is 5.11 Å². The van der Waals surface area contributed by atoms with Gasteiger partial charge in [-0.1, -0.05) is 13.8 Å². The highest BCUT2D eigenvalue weighted by atomic mass is 16.5. The Morgan fingerprint density at radius 2 is 1.94 bits per heavy atom. The lowest BCUT2D eigenvalue weighted by molar-refractivity contribution is 0.00461. The van der Waals surface area contributed by atoms with Crippen molar-refractivity contribution in [3.63, 3.8) is 0 Å². The van der Waals surface area contributed by atoms with E-state index in [2.05, 4.69) is 26.1 Å². The highest BCUT2D eigenvalue weighted by molar-refractivity contribution is 4.81. The maximum atomic E-state index is 9.37. The molecule has 3 nitrogen and oxygen atoms in total. The van der Waals surface area contributed by atoms with Gasteiger partial charge in [0.05, 0.1) is 12.7 Å². The van der Waals surface area contributed by atoms with Gasteiger partial charge in [-0.3, -0.25) is 0 Å². The van der Waals surface area contributed by atoms with Gasteiger partial charge in [0, 0.05) is 12.1 Å². The predicted molar refractivity (Wildman–Crippen MR) is 71.2 cm³/mol. The van der Waals surface area contributed by atoms with Crippen molar-refractivity contribution < 1.29 is 9.84 Å². The fourth-order valence-electron chi connectivity index (χ4n) is 2.50. The average molecular weight is 243 g/mol. The van der Waals surface area contributed by atoms with Crippen LogP contribution in [0.4, 0.5) is 0 Å². The van der Waals surface area contributed by atoms with Crippen LogP contribution in [-0.4, -0.2) is 36.5 Å². The number of hydrogen-bond donors (Lipinski definition) is 2. The minimum atomic E-state index is -0.184. The van der Waals surface area contributed by atoms with Crippen LogP contribution in [0.2, 0.25) is 0 Å². The molecule has 1 aliphatic rings. The molecule has 0 aliphatic heterocycles. The maximum Gasteiger partial charge on any atom is 0.0611 e. The van der Waals surface area contributed by atoms with Gasteiger partial charge in [0.1, 0.15) is 0 Å². The molecular weight excluding hydrogens is 214 g/mol. The number of rotatable bonds is 7. The second kappa shape index (κ2) is 7.34. The van der Waals surface area contributed by atoms with Gasteiger partial charge in [-0.05, 0) is 51.5 Å². The van der Waals surface area contributed by atoms with Gasteiger partial charge < -0.3 is 15.2 Å². The van der Waals surface area contributed by atoms with Crippen LogP contribution in [0.1, 0.15) is 52.9 Å². The molecule has 102 valence electrons. The lowest BCUT2D eigenvalue weighted by Gasteiger charge is -2.31. The van der Waals surface area contributed by atoms with Gasteiger partial charge in [-0.25, -0.2) is 0 Å². The molecule has 0 amide bonds. The van der Waals surface area contributed by atoms with Gasteiger partial charge in [0.25, 0.3) is 0 Å². The number of likely N-dealkylation sites (N-methyl/N-ethyl adjacent to an activating group) is 1. The van der Waals surface area contributed by atoms with Gasteiger partial charge in [-0.2, -0.15) is 0 Å². The summed E-state index contributed by atoms with van der Waals surface area (Å²) in [4.78, 5) is 0. The van der Waals surface area contributed by atoms with Crippen LogP contribution in [0.15, 0.2) is 0 Å². The van der Waals surface area contributed by atoms with Crippen molar-refractivity contribution >= 4 is 0 Å². The van der Waals surface area contributed by atoms with Gasteiger partial charge in [-0.15, -0.1) is 0 Å². The van der Waals surface area contributed by atoms with Gasteiger partial charge >= 0.3 is 0 Å². The van der Waals surface area contributed by atoms with Crippen LogP contribution in [0, 0.1) is 5.92 Å². The molecule has 1 saturated carbocycles. The summed E-state index contributed by atoms with van der Waals surface area (Å²) < 4.78 is 5.92. The van der Waals surface area contributed by atoms with E-state index in [0.29, 0.717) is 6.10 Å². The van der Waals surface area contributed by atoms with E-state index in [-0.39, 0.29) is 12.1 Å². The zero-order valence-electron chi connectivity index (χ0n) is 11.7. The number of ether oxygens (including phenoxy) is 1. The molecule has 3 heteroatoms. The largest absolute Gasteiger partial charge is 0.394 e. The molecule has 1 fully saturated rings. The number of aliphatic hydroxyl groups is 1. The summed E-state index contributed by atoms with van der Waals surface area (Å²) in [6.07, 6.45) is 6.35. The third-order valence-corrected chi connectivity index (χ3v) is 3.92. The maximum absolute atomic E-state index is 9.37. The van der Waals surface area contributed by atoms with E-state index < -0.39 is 0 Å². The highest BCUT2D eigenvalue weighted by Gasteiger charge is 2.23. The zero-order valence-corrected chi connectivity index (χ0v) is 11.7. The first-order valence-corrected chi connectivity index (χ1v) is 7.07. The summed E-state index contributed by atoms with van der Waals surface area (Å²) in [7, 11) is 0. The minimum Gasteiger partial charge on any atom is -0.394 e. The van der Waals surface area contributed by atoms with E-state index in [1.165, 1.54) is 25.7 Å². The second-order valence-electron chi connectivity index (χ2n) is 5.75. The van der Waals surface area contributed by atoms with Crippen molar-refractivity contribution in [1.82, 2.24) is 5.32 Å². The molecule has 2 N–H and O–H groups in total. The average Bonchev–Trinajstić information content (AvgIpc) is 2.32. The summed E-state index contributed by atoms with van der Waals surface area (Å²) >= 11 is 0. The first-order valence-electron chi connectivity index (χ1n) is 7.07. The van der Waals surface area contributed by atoms with E-state index in [1.807, 2.05) is 0 Å². The predicted octanol–water partition coefficient (Wildman–Crippen LogP) is 2.33. The molecule has 1 atom stereocenters. The van der Waals surface area contributed by atoms with Crippen molar-refractivity contribution in [3.8, 4) is 0 Å². The molecule has 0 aromatic rings. The van der Waals surface area contributed by atoms with Gasteiger partial charge in [0.2, 0.25) is 0 Å². The fraction of sp³-hybridized carbons (Fsp3) is 1.00. The SMILES string of the molecule is CCNC(C)(CO)CCOC1CCC(C)CC1. The smallest absolute Gasteiger partial charge is 0.0611 e. The van der Waals surface area contributed by atoms with Crippen LogP contribution < -0.4 is 5.32 Å². The Labute approximate surface area is 106 Å². The number of nitrogens with one attached hydrogen (secondary N) is 1. The van der Waals surface area contributed by atoms with Crippen molar-refractivity contribution in [2.75, 3.05) is 19.8 Å². The van der Waals surface area contributed by atoms with Crippen LogP contribution in [0.3, 0.4) is 0 Å². The Balaban J connectivity index is 2.18. The Morgan fingerprint density at radius 1 is 1.29 bits per heavy atom. The van der Waals surface area contributed by atoms with Crippen molar-refractivity contribution in [2.24, 2.45) is 5.92 Å². The molecule has 0 aromatic carbocycles. The Kier molecular flexibility index (Phi) is 6.45. The molecule has 0 saturated heterocycles. The minimum absolute atomic E-state index is 0.173. The van der Waals surface area contributed by atoms with Crippen molar-refractivity contribution in [2.45, 2.75) is 64.5 Å². The molecule has 0 bridgehead atoms. The number of hydrogen-bond acceptors (Lipinski definition) is 3. The van der Waals surface area contributed by atoms with E-state index >= 15 is 0 Å². The zero-order chi connectivity index (χ0) is 12.7. The lowest BCUT2D eigenvalue weighted by Crippen LogP contribution is -2.46. The molecule has 1 unspecified atom stereocenters. The first kappa shape index (κ1) is 14.9. The topological polar surface area (TPSA) is 41.5 Å². The van der Waals surface area contributed by atoms with Crippen LogP contribution in [-0.2, 0) is 4.74 Å². The fourth-order valence-corrected chi connectivity index (χ4v) is 2.50. The van der Waals surface area contributed by atoms with Gasteiger partial charge in [0.15, 0.2) is 0 Å². The molecule has 0 spiro atoms. The summed E-state index contributed by atoms with van der Waals surface area (Å²) in [6, 6.07) is 0. The molecule has 1 aliphatic carbocycles. The Hall–Kier alpha value is -0.120. The molecule has 0 heterocycles. The first-order chi connectivity index (χ1) is 8.09. The Bertz CT molecular complexity index is 202. The Morgan fingerprint density at radius 3 is 2.47 bits per heavy atom. The highest BCUT2D eigenvalue weighted by Crippen LogP contribution is 2.25. The molecule has 17 heavy (non-hydrogen) atoms. The van der Waals surface area contributed by atoms with E-state index in [4.69, 9.17) is 4.74 Å². The molecule has 1 rings (SSSR count). The standard InChI is InChI=1S/C14H29NO2/c1-4-15-14(3,11-16)9-10-17-13-7-5-12(2)6-8-13/h12-13,15-16H,4-11H2,1-3H3. The summed E-state index contributed by atoms with van der Waals surface area (Å²) in [5, 5.41) is 12.7. The normalized spacial score (nSPS) is 28.9. The van der Waals surface area contributed by atoms with E-state index in [0.717, 1.165) is 25.5 Å². The monoisotopic (exact) mass is 243 g/mol. The summed E-state index contributed by atoms with van der Waals surface area (Å²) in [5.41, 5.74) is -0.184. The van der Waals surface area contributed by atoms with Crippen LogP contribution >= 0.6 is 0 Å². The summed E-state index contributed by atoms with van der Waals surface area (Å²) in [6.45, 7) is 8.26. The molecular formula is C14H29NO2. The third kappa shape index (κ3) is 5.36. The van der Waals surface area contributed by atoms with Crippen LogP contribution in [0.5, 0.6) is 0 Å². The van der Waals surface area contributed by atoms with E-state index in [1.54, 1.807) is 0 Å². The van der Waals surface area contributed by atoms with Crippen molar-refractivity contribution in [3.05, 3.63) is 0 Å². The van der Waals surface area contributed by atoms with Crippen molar-refractivity contribution in [1.29, 1.82) is 0 Å². The quantitative estimate of drug-likeness (QED) is 0.721. The third-order valence-electron chi connectivity index (χ3n) is 3.92. The number of aliphatic hydroxyl groups excluding tert-OH is 1. The van der Waals surface area contributed by atoms with Crippen LogP contribution in [0.25, 0.3) is 0 Å². The summed E-state index contributed by atoms with van der Waals surface area (Å²) in [5.74, 6) is 0.874.